The van der Waals surface area contributed by atoms with Crippen molar-refractivity contribution < 1.29 is 9.90 Å². The lowest BCUT2D eigenvalue weighted by atomic mass is 10.1. The SMILES string of the molecule is N#Cc1ccc(C(=O)Nc2cc(Cl)cc(Cl)c2O)cc1. The number of anilines is 1. The number of hydrogen-bond acceptors (Lipinski definition) is 3. The van der Waals surface area contributed by atoms with Crippen molar-refractivity contribution in [2.45, 2.75) is 0 Å². The van der Waals surface area contributed by atoms with Gasteiger partial charge >= 0.3 is 0 Å². The van der Waals surface area contributed by atoms with Gasteiger partial charge in [-0.3, -0.25) is 4.79 Å². The van der Waals surface area contributed by atoms with Gasteiger partial charge in [0.1, 0.15) is 0 Å². The Kier molecular flexibility index (Phi) is 4.14. The molecule has 2 aromatic rings. The van der Waals surface area contributed by atoms with Crippen molar-refractivity contribution >= 4 is 34.8 Å². The molecule has 1 amide bonds. The average molecular weight is 307 g/mol. The average Bonchev–Trinajstić information content (AvgIpc) is 2.44. The molecule has 0 aromatic heterocycles. The number of nitriles is 1. The van der Waals surface area contributed by atoms with Crippen LogP contribution in [0.25, 0.3) is 0 Å². The van der Waals surface area contributed by atoms with Gasteiger partial charge in [0.05, 0.1) is 22.3 Å². The minimum Gasteiger partial charge on any atom is -0.504 e. The number of phenolic OH excluding ortho intramolecular Hbond substituents is 1. The molecule has 0 aliphatic rings. The van der Waals surface area contributed by atoms with E-state index in [4.69, 9.17) is 28.5 Å². The van der Waals surface area contributed by atoms with Gasteiger partial charge < -0.3 is 10.4 Å². The number of phenols is 1. The van der Waals surface area contributed by atoms with E-state index in [1.165, 1.54) is 36.4 Å². The number of rotatable bonds is 2. The van der Waals surface area contributed by atoms with E-state index in [2.05, 4.69) is 5.32 Å². The van der Waals surface area contributed by atoms with Gasteiger partial charge in [-0.1, -0.05) is 23.2 Å². The first-order chi connectivity index (χ1) is 9.51. The molecule has 4 nitrogen and oxygen atoms in total. The van der Waals surface area contributed by atoms with Crippen LogP contribution in [-0.4, -0.2) is 11.0 Å². The molecule has 0 unspecified atom stereocenters. The van der Waals surface area contributed by atoms with Crippen molar-refractivity contribution in [2.75, 3.05) is 5.32 Å². The number of halogens is 2. The van der Waals surface area contributed by atoms with Crippen molar-refractivity contribution in [3.63, 3.8) is 0 Å². The Morgan fingerprint density at radius 2 is 1.85 bits per heavy atom. The Morgan fingerprint density at radius 3 is 2.45 bits per heavy atom. The summed E-state index contributed by atoms with van der Waals surface area (Å²) in [6.07, 6.45) is 0. The number of amides is 1. The summed E-state index contributed by atoms with van der Waals surface area (Å²) in [5.74, 6) is -0.693. The molecule has 2 aromatic carbocycles. The zero-order valence-corrected chi connectivity index (χ0v) is 11.5. The van der Waals surface area contributed by atoms with Crippen molar-refractivity contribution in [2.24, 2.45) is 0 Å². The number of carbonyl (C=O) groups excluding carboxylic acids is 1. The minimum absolute atomic E-state index is 0.0487. The lowest BCUT2D eigenvalue weighted by Crippen LogP contribution is -2.12. The second kappa shape index (κ2) is 5.83. The number of nitrogens with zero attached hydrogens (tertiary/aromatic N) is 1. The summed E-state index contributed by atoms with van der Waals surface area (Å²) >= 11 is 11.6. The predicted molar refractivity (Wildman–Crippen MR) is 77.2 cm³/mol. The van der Waals surface area contributed by atoms with E-state index >= 15 is 0 Å². The van der Waals surface area contributed by atoms with E-state index in [1.807, 2.05) is 6.07 Å². The van der Waals surface area contributed by atoms with Gasteiger partial charge in [-0.25, -0.2) is 0 Å². The standard InChI is InChI=1S/C14H8Cl2N2O2/c15-10-5-11(16)13(19)12(6-10)18-14(20)9-3-1-8(7-17)2-4-9/h1-6,19H,(H,18,20). The highest BCUT2D eigenvalue weighted by molar-refractivity contribution is 6.36. The van der Waals surface area contributed by atoms with Crippen LogP contribution in [-0.2, 0) is 0 Å². The number of aromatic hydroxyl groups is 1. The zero-order valence-electron chi connectivity index (χ0n) is 10.0. The first-order valence-corrected chi connectivity index (χ1v) is 6.26. The summed E-state index contributed by atoms with van der Waals surface area (Å²) in [5.41, 5.74) is 0.923. The molecule has 6 heteroatoms. The lowest BCUT2D eigenvalue weighted by Gasteiger charge is -2.09. The summed E-state index contributed by atoms with van der Waals surface area (Å²) in [7, 11) is 0. The Morgan fingerprint density at radius 1 is 1.20 bits per heavy atom. The van der Waals surface area contributed by atoms with E-state index in [0.29, 0.717) is 16.1 Å². The summed E-state index contributed by atoms with van der Waals surface area (Å²) < 4.78 is 0. The van der Waals surface area contributed by atoms with E-state index in [-0.39, 0.29) is 16.5 Å². The van der Waals surface area contributed by atoms with E-state index < -0.39 is 5.91 Å². The van der Waals surface area contributed by atoms with Gasteiger partial charge in [0.15, 0.2) is 5.75 Å². The molecule has 0 bridgehead atoms. The van der Waals surface area contributed by atoms with Gasteiger partial charge in [0, 0.05) is 10.6 Å². The Bertz CT molecular complexity index is 706. The highest BCUT2D eigenvalue weighted by Gasteiger charge is 2.12. The van der Waals surface area contributed by atoms with Gasteiger partial charge in [0.25, 0.3) is 5.91 Å². The van der Waals surface area contributed by atoms with Crippen LogP contribution in [0.2, 0.25) is 10.0 Å². The number of benzene rings is 2. The second-order valence-corrected chi connectivity index (χ2v) is 4.77. The summed E-state index contributed by atoms with van der Waals surface area (Å²) in [5, 5.41) is 21.3. The highest BCUT2D eigenvalue weighted by atomic mass is 35.5. The van der Waals surface area contributed by atoms with Gasteiger partial charge in [0.2, 0.25) is 0 Å². The van der Waals surface area contributed by atoms with Gasteiger partial charge in [-0.15, -0.1) is 0 Å². The van der Waals surface area contributed by atoms with E-state index in [1.54, 1.807) is 0 Å². The fourth-order valence-electron chi connectivity index (χ4n) is 1.55. The van der Waals surface area contributed by atoms with Crippen molar-refractivity contribution in [3.05, 3.63) is 57.6 Å². The van der Waals surface area contributed by atoms with Crippen LogP contribution in [0.4, 0.5) is 5.69 Å². The van der Waals surface area contributed by atoms with Crippen LogP contribution < -0.4 is 5.32 Å². The zero-order chi connectivity index (χ0) is 14.7. The van der Waals surface area contributed by atoms with Crippen molar-refractivity contribution in [1.82, 2.24) is 0 Å². The predicted octanol–water partition coefficient (Wildman–Crippen LogP) is 3.82. The first-order valence-electron chi connectivity index (χ1n) is 5.51. The topological polar surface area (TPSA) is 73.1 Å². The third kappa shape index (κ3) is 3.02. The molecule has 0 heterocycles. The number of hydrogen-bond donors (Lipinski definition) is 2. The number of carbonyl (C=O) groups is 1. The lowest BCUT2D eigenvalue weighted by molar-refractivity contribution is 0.102. The molecule has 0 fully saturated rings. The smallest absolute Gasteiger partial charge is 0.255 e. The Hall–Kier alpha value is -2.22. The van der Waals surface area contributed by atoms with E-state index in [9.17, 15) is 9.90 Å². The summed E-state index contributed by atoms with van der Waals surface area (Å²) in [6, 6.07) is 10.8. The van der Waals surface area contributed by atoms with Crippen LogP contribution in [0, 0.1) is 11.3 Å². The van der Waals surface area contributed by atoms with Crippen LogP contribution in [0.1, 0.15) is 15.9 Å². The molecule has 2 N–H and O–H groups in total. The fraction of sp³-hybridized carbons (Fsp3) is 0. The molecule has 0 aliphatic carbocycles. The largest absolute Gasteiger partial charge is 0.504 e. The molecule has 20 heavy (non-hydrogen) atoms. The normalized spacial score (nSPS) is 9.85. The molecule has 0 radical (unpaired) electrons. The molecule has 2 rings (SSSR count). The third-order valence-corrected chi connectivity index (χ3v) is 3.06. The molecule has 0 saturated carbocycles. The maximum Gasteiger partial charge on any atom is 0.255 e. The van der Waals surface area contributed by atoms with Crippen molar-refractivity contribution in [1.29, 1.82) is 5.26 Å². The monoisotopic (exact) mass is 306 g/mol. The Labute approximate surface area is 125 Å². The fourth-order valence-corrected chi connectivity index (χ4v) is 2.05. The third-order valence-electron chi connectivity index (χ3n) is 2.55. The van der Waals surface area contributed by atoms with E-state index in [0.717, 1.165) is 0 Å². The molecule has 0 spiro atoms. The second-order valence-electron chi connectivity index (χ2n) is 3.93. The van der Waals surface area contributed by atoms with Gasteiger partial charge in [-0.2, -0.15) is 5.26 Å². The first kappa shape index (κ1) is 14.2. The molecule has 100 valence electrons. The molecule has 0 atom stereocenters. The Balaban J connectivity index is 2.25. The van der Waals surface area contributed by atoms with Crippen LogP contribution >= 0.6 is 23.2 Å². The van der Waals surface area contributed by atoms with Crippen LogP contribution in [0.3, 0.4) is 0 Å². The van der Waals surface area contributed by atoms with Crippen LogP contribution in [0.15, 0.2) is 36.4 Å². The van der Waals surface area contributed by atoms with Crippen molar-refractivity contribution in [3.8, 4) is 11.8 Å². The molecule has 0 aliphatic heterocycles. The molecular weight excluding hydrogens is 299 g/mol. The highest BCUT2D eigenvalue weighted by Crippen LogP contribution is 2.35. The van der Waals surface area contributed by atoms with Crippen LogP contribution in [0.5, 0.6) is 5.75 Å². The van der Waals surface area contributed by atoms with Gasteiger partial charge in [-0.05, 0) is 36.4 Å². The molecular formula is C14H8Cl2N2O2. The maximum absolute atomic E-state index is 12.0. The summed E-state index contributed by atoms with van der Waals surface area (Å²) in [4.78, 5) is 12.0. The maximum atomic E-state index is 12.0. The summed E-state index contributed by atoms with van der Waals surface area (Å²) in [6.45, 7) is 0. The quantitative estimate of drug-likeness (QED) is 0.828. The molecule has 0 saturated heterocycles. The minimum atomic E-state index is -0.442. The number of nitrogens with one attached hydrogen (secondary N) is 1.